The first-order valence-electron chi connectivity index (χ1n) is 11.9. The number of benzene rings is 1. The lowest BCUT2D eigenvalue weighted by atomic mass is 9.76. The van der Waals surface area contributed by atoms with E-state index in [1.54, 1.807) is 7.11 Å². The van der Waals surface area contributed by atoms with Gasteiger partial charge < -0.3 is 9.47 Å². The largest absolute Gasteiger partial charge is 0.495 e. The van der Waals surface area contributed by atoms with Crippen LogP contribution in [0.25, 0.3) is 0 Å². The number of pyridine rings is 1. The van der Waals surface area contributed by atoms with Crippen molar-refractivity contribution < 1.29 is 19.1 Å². The molecule has 0 radical (unpaired) electrons. The van der Waals surface area contributed by atoms with Gasteiger partial charge in [-0.25, -0.2) is 4.98 Å². The lowest BCUT2D eigenvalue weighted by molar-refractivity contribution is -0.177. The summed E-state index contributed by atoms with van der Waals surface area (Å²) in [6.07, 6.45) is 5.40. The Morgan fingerprint density at radius 1 is 1.26 bits per heavy atom. The van der Waals surface area contributed by atoms with E-state index in [1.807, 2.05) is 38.1 Å². The van der Waals surface area contributed by atoms with Crippen LogP contribution in [-0.4, -0.2) is 34.7 Å². The van der Waals surface area contributed by atoms with Crippen LogP contribution in [0.2, 0.25) is 5.02 Å². The number of nitriles is 1. The van der Waals surface area contributed by atoms with Crippen molar-refractivity contribution in [3.8, 4) is 11.8 Å². The zero-order chi connectivity index (χ0) is 25.2. The molecule has 2 fully saturated rings. The number of rotatable bonds is 7. The van der Waals surface area contributed by atoms with Crippen LogP contribution in [0.5, 0.6) is 5.75 Å². The highest BCUT2D eigenvalue weighted by Gasteiger charge is 2.52. The zero-order valence-electron chi connectivity index (χ0n) is 20.2. The second kappa shape index (κ2) is 10.6. The van der Waals surface area contributed by atoms with Gasteiger partial charge in [0, 0.05) is 12.1 Å². The predicted octanol–water partition coefficient (Wildman–Crippen LogP) is 5.77. The highest BCUT2D eigenvalue weighted by molar-refractivity contribution is 8.01. The zero-order valence-corrected chi connectivity index (χ0v) is 21.8. The number of aryl methyl sites for hydroxylation is 3. The van der Waals surface area contributed by atoms with E-state index >= 15 is 0 Å². The number of hydrogen-bond donors (Lipinski definition) is 0. The molecule has 35 heavy (non-hydrogen) atoms. The van der Waals surface area contributed by atoms with Crippen molar-refractivity contribution in [1.29, 1.82) is 5.26 Å². The molecule has 2 atom stereocenters. The summed E-state index contributed by atoms with van der Waals surface area (Å²) in [5.74, 6) is 0.0763. The van der Waals surface area contributed by atoms with Gasteiger partial charge >= 0.3 is 5.97 Å². The molecule has 0 bridgehead atoms. The average Bonchev–Trinajstić information content (AvgIpc) is 3.36. The van der Waals surface area contributed by atoms with Crippen LogP contribution in [0, 0.1) is 31.1 Å². The first kappa shape index (κ1) is 25.5. The summed E-state index contributed by atoms with van der Waals surface area (Å²) in [5.41, 5.74) is 2.09. The molecular weight excluding hydrogens is 484 g/mol. The number of Topliss-reactive ketones (excluding diaryl/α,β-unsaturated/α-hetero) is 1. The molecule has 1 aliphatic heterocycles. The fourth-order valence-corrected chi connectivity index (χ4v) is 6.69. The first-order chi connectivity index (χ1) is 16.8. The summed E-state index contributed by atoms with van der Waals surface area (Å²) >= 11 is 7.34. The summed E-state index contributed by atoms with van der Waals surface area (Å²) in [6, 6.07) is 9.62. The van der Waals surface area contributed by atoms with Crippen LogP contribution in [-0.2, 0) is 20.7 Å². The molecule has 1 aromatic carbocycles. The van der Waals surface area contributed by atoms with Crippen LogP contribution in [0.3, 0.4) is 0 Å². The Morgan fingerprint density at radius 3 is 2.63 bits per heavy atom. The van der Waals surface area contributed by atoms with Gasteiger partial charge in [-0.15, -0.1) is 0 Å². The number of ketones is 1. The van der Waals surface area contributed by atoms with Gasteiger partial charge in [0.05, 0.1) is 17.7 Å². The second-order valence-corrected chi connectivity index (χ2v) is 11.0. The highest BCUT2D eigenvalue weighted by atomic mass is 35.5. The molecule has 6 nitrogen and oxygen atoms in total. The Hall–Kier alpha value is -2.56. The van der Waals surface area contributed by atoms with Crippen molar-refractivity contribution in [2.24, 2.45) is 5.92 Å². The number of carbonyl (C=O) groups excluding carboxylic acids is 2. The van der Waals surface area contributed by atoms with E-state index < -0.39 is 16.8 Å². The number of aromatic nitrogens is 1. The smallest absolute Gasteiger partial charge is 0.327 e. The van der Waals surface area contributed by atoms with E-state index in [0.717, 1.165) is 54.3 Å². The Balaban J connectivity index is 1.56. The number of hydrogen-bond acceptors (Lipinski definition) is 7. The molecule has 1 saturated carbocycles. The summed E-state index contributed by atoms with van der Waals surface area (Å²) in [7, 11) is 1.57. The number of halogens is 1. The van der Waals surface area contributed by atoms with Gasteiger partial charge in [-0.1, -0.05) is 42.3 Å². The Morgan fingerprint density at radius 2 is 2.00 bits per heavy atom. The summed E-state index contributed by atoms with van der Waals surface area (Å²) in [6.45, 7) is 3.66. The third-order valence-electron chi connectivity index (χ3n) is 7.09. The van der Waals surface area contributed by atoms with Gasteiger partial charge in [-0.2, -0.15) is 5.26 Å². The molecule has 2 heterocycles. The van der Waals surface area contributed by atoms with Crippen molar-refractivity contribution in [1.82, 2.24) is 4.98 Å². The minimum atomic E-state index is -1.01. The number of ether oxygens (including phenoxy) is 2. The predicted molar refractivity (Wildman–Crippen MR) is 135 cm³/mol. The van der Waals surface area contributed by atoms with Gasteiger partial charge in [0.1, 0.15) is 22.4 Å². The molecule has 4 rings (SSSR count). The van der Waals surface area contributed by atoms with Gasteiger partial charge in [-0.05, 0) is 74.8 Å². The van der Waals surface area contributed by atoms with Crippen LogP contribution >= 0.6 is 23.4 Å². The Labute approximate surface area is 215 Å². The minimum Gasteiger partial charge on any atom is -0.495 e. The molecule has 2 unspecified atom stereocenters. The lowest BCUT2D eigenvalue weighted by Crippen LogP contribution is -2.53. The van der Waals surface area contributed by atoms with Gasteiger partial charge in [0.2, 0.25) is 0 Å². The number of cyclic esters (lactones) is 1. The van der Waals surface area contributed by atoms with E-state index in [0.29, 0.717) is 34.2 Å². The van der Waals surface area contributed by atoms with E-state index in [9.17, 15) is 14.9 Å². The molecule has 2 aliphatic rings. The number of nitrogens with zero attached hydrogens (tertiary/aromatic N) is 2. The second-order valence-electron chi connectivity index (χ2n) is 9.45. The highest BCUT2D eigenvalue weighted by Crippen LogP contribution is 2.46. The SMILES string of the molecule is COc1ccc(CCC2(C3CCCC3)CC(=O)C(Sc3nc(C)cc(C)c3C#N)C(=O)O2)cc1Cl. The normalized spacial score (nSPS) is 22.7. The maximum Gasteiger partial charge on any atom is 0.327 e. The molecule has 1 aromatic heterocycles. The fraction of sp³-hybridized carbons (Fsp3) is 0.481. The summed E-state index contributed by atoms with van der Waals surface area (Å²) in [4.78, 5) is 31.2. The maximum absolute atomic E-state index is 13.4. The molecule has 1 saturated heterocycles. The molecule has 0 N–H and O–H groups in total. The van der Waals surface area contributed by atoms with E-state index in [-0.39, 0.29) is 18.1 Å². The summed E-state index contributed by atoms with van der Waals surface area (Å²) in [5, 5.41) is 9.51. The van der Waals surface area contributed by atoms with Gasteiger partial charge in [-0.3, -0.25) is 9.59 Å². The number of methoxy groups -OCH3 is 1. The van der Waals surface area contributed by atoms with Gasteiger partial charge in [0.25, 0.3) is 0 Å². The van der Waals surface area contributed by atoms with E-state index in [2.05, 4.69) is 11.1 Å². The maximum atomic E-state index is 13.4. The molecule has 184 valence electrons. The minimum absolute atomic E-state index is 0.157. The van der Waals surface area contributed by atoms with Crippen molar-refractivity contribution in [2.45, 2.75) is 74.7 Å². The van der Waals surface area contributed by atoms with Crippen LogP contribution in [0.1, 0.15) is 60.9 Å². The van der Waals surface area contributed by atoms with E-state index in [1.165, 1.54) is 0 Å². The van der Waals surface area contributed by atoms with Crippen molar-refractivity contribution >= 4 is 35.1 Å². The monoisotopic (exact) mass is 512 g/mol. The first-order valence-corrected chi connectivity index (χ1v) is 13.1. The Bertz CT molecular complexity index is 1170. The third kappa shape index (κ3) is 5.34. The average molecular weight is 513 g/mol. The molecular formula is C27H29ClN2O4S. The summed E-state index contributed by atoms with van der Waals surface area (Å²) < 4.78 is 11.4. The molecule has 0 amide bonds. The number of carbonyl (C=O) groups is 2. The van der Waals surface area contributed by atoms with Crippen molar-refractivity contribution in [2.75, 3.05) is 7.11 Å². The van der Waals surface area contributed by atoms with Crippen molar-refractivity contribution in [3.05, 3.63) is 51.7 Å². The topological polar surface area (TPSA) is 89.3 Å². The molecule has 8 heteroatoms. The lowest BCUT2D eigenvalue weighted by Gasteiger charge is -2.42. The number of esters is 1. The van der Waals surface area contributed by atoms with Gasteiger partial charge in [0.15, 0.2) is 11.0 Å². The molecule has 0 spiro atoms. The Kier molecular flexibility index (Phi) is 7.73. The third-order valence-corrected chi connectivity index (χ3v) is 8.59. The fourth-order valence-electron chi connectivity index (χ4n) is 5.30. The quantitative estimate of drug-likeness (QED) is 0.343. The standard InChI is InChI=1S/C27H29ClN2O4S/c1-16-12-17(2)30-25(20(16)15-29)35-24-22(31)14-27(34-26(24)32,19-6-4-5-7-19)11-10-18-8-9-23(33-3)21(28)13-18/h8-9,12-13,19,24H,4-7,10-11,14H2,1-3H3. The van der Waals surface area contributed by atoms with Crippen molar-refractivity contribution in [3.63, 3.8) is 0 Å². The number of thioether (sulfide) groups is 1. The van der Waals surface area contributed by atoms with Crippen LogP contribution < -0.4 is 4.74 Å². The molecule has 1 aliphatic carbocycles. The van der Waals surface area contributed by atoms with E-state index in [4.69, 9.17) is 21.1 Å². The molecule has 2 aromatic rings. The van der Waals surface area contributed by atoms with Crippen LogP contribution in [0.15, 0.2) is 29.3 Å². The van der Waals surface area contributed by atoms with Crippen LogP contribution in [0.4, 0.5) is 0 Å².